The monoisotopic (exact) mass is 295 g/mol. The van der Waals surface area contributed by atoms with Crippen LogP contribution in [0.5, 0.6) is 0 Å². The number of aromatic nitrogens is 2. The molecule has 2 rings (SSSR count). The SMILES string of the molecule is CC(C)C(CN)c1nc(CSc2ccc(F)cc2)no1. The molecule has 1 aromatic carbocycles. The quantitative estimate of drug-likeness (QED) is 0.829. The van der Waals surface area contributed by atoms with Crippen LogP contribution in [0.3, 0.4) is 0 Å². The number of nitrogens with two attached hydrogens (primary N) is 1. The zero-order valence-corrected chi connectivity index (χ0v) is 12.4. The van der Waals surface area contributed by atoms with Crippen LogP contribution in [0, 0.1) is 11.7 Å². The number of thioether (sulfide) groups is 1. The third-order valence-electron chi connectivity index (χ3n) is 3.04. The third kappa shape index (κ3) is 3.80. The topological polar surface area (TPSA) is 64.9 Å². The van der Waals surface area contributed by atoms with E-state index in [1.54, 1.807) is 23.9 Å². The molecular formula is C14H18FN3OS. The summed E-state index contributed by atoms with van der Waals surface area (Å²) in [4.78, 5) is 5.35. The predicted octanol–water partition coefficient (Wildman–Crippen LogP) is 3.20. The molecule has 20 heavy (non-hydrogen) atoms. The Morgan fingerprint density at radius 2 is 2.00 bits per heavy atom. The van der Waals surface area contributed by atoms with E-state index in [1.807, 2.05) is 0 Å². The van der Waals surface area contributed by atoms with E-state index in [2.05, 4.69) is 24.0 Å². The Balaban J connectivity index is 1.97. The highest BCUT2D eigenvalue weighted by Gasteiger charge is 2.20. The summed E-state index contributed by atoms with van der Waals surface area (Å²) >= 11 is 1.54. The van der Waals surface area contributed by atoms with Crippen LogP contribution in [-0.4, -0.2) is 16.7 Å². The molecule has 0 radical (unpaired) electrons. The molecule has 2 aromatic rings. The Hall–Kier alpha value is -1.40. The van der Waals surface area contributed by atoms with Crippen LogP contribution in [0.1, 0.15) is 31.5 Å². The zero-order chi connectivity index (χ0) is 14.5. The van der Waals surface area contributed by atoms with Crippen molar-refractivity contribution < 1.29 is 8.91 Å². The van der Waals surface area contributed by atoms with E-state index < -0.39 is 0 Å². The van der Waals surface area contributed by atoms with Crippen LogP contribution in [0.2, 0.25) is 0 Å². The number of benzene rings is 1. The highest BCUT2D eigenvalue weighted by molar-refractivity contribution is 7.98. The van der Waals surface area contributed by atoms with Crippen LogP contribution in [0.4, 0.5) is 4.39 Å². The number of halogens is 1. The molecule has 1 unspecified atom stereocenters. The first-order valence-corrected chi connectivity index (χ1v) is 7.49. The molecule has 108 valence electrons. The van der Waals surface area contributed by atoms with Crippen molar-refractivity contribution in [2.24, 2.45) is 11.7 Å². The van der Waals surface area contributed by atoms with Crippen LogP contribution in [0.25, 0.3) is 0 Å². The molecule has 0 amide bonds. The lowest BCUT2D eigenvalue weighted by atomic mass is 9.96. The molecule has 1 aromatic heterocycles. The van der Waals surface area contributed by atoms with Gasteiger partial charge in [0.2, 0.25) is 5.89 Å². The second-order valence-corrected chi connectivity index (χ2v) is 5.93. The summed E-state index contributed by atoms with van der Waals surface area (Å²) < 4.78 is 18.1. The summed E-state index contributed by atoms with van der Waals surface area (Å²) in [5, 5.41) is 3.96. The van der Waals surface area contributed by atoms with Crippen LogP contribution < -0.4 is 5.73 Å². The fraction of sp³-hybridized carbons (Fsp3) is 0.429. The fourth-order valence-electron chi connectivity index (χ4n) is 1.81. The van der Waals surface area contributed by atoms with Gasteiger partial charge < -0.3 is 10.3 Å². The Morgan fingerprint density at radius 1 is 1.30 bits per heavy atom. The van der Waals surface area contributed by atoms with Crippen molar-refractivity contribution in [1.82, 2.24) is 10.1 Å². The molecule has 0 fully saturated rings. The maximum absolute atomic E-state index is 12.8. The fourth-order valence-corrected chi connectivity index (χ4v) is 2.56. The Morgan fingerprint density at radius 3 is 2.60 bits per heavy atom. The van der Waals surface area contributed by atoms with Crippen molar-refractivity contribution in [2.75, 3.05) is 6.54 Å². The largest absolute Gasteiger partial charge is 0.339 e. The smallest absolute Gasteiger partial charge is 0.231 e. The first kappa shape index (κ1) is 15.0. The van der Waals surface area contributed by atoms with Gasteiger partial charge in [-0.2, -0.15) is 4.98 Å². The maximum atomic E-state index is 12.8. The van der Waals surface area contributed by atoms with E-state index in [9.17, 15) is 4.39 Å². The van der Waals surface area contributed by atoms with Gasteiger partial charge in [-0.05, 0) is 30.2 Å². The molecule has 0 saturated carbocycles. The summed E-state index contributed by atoms with van der Waals surface area (Å²) in [6.07, 6.45) is 0. The summed E-state index contributed by atoms with van der Waals surface area (Å²) in [6.45, 7) is 4.65. The molecule has 0 spiro atoms. The van der Waals surface area contributed by atoms with Gasteiger partial charge in [-0.3, -0.25) is 0 Å². The number of nitrogens with zero attached hydrogens (tertiary/aromatic N) is 2. The highest BCUT2D eigenvalue weighted by atomic mass is 32.2. The molecule has 0 saturated heterocycles. The van der Waals surface area contributed by atoms with E-state index in [1.165, 1.54) is 12.1 Å². The van der Waals surface area contributed by atoms with Gasteiger partial charge in [-0.25, -0.2) is 4.39 Å². The highest BCUT2D eigenvalue weighted by Crippen LogP contribution is 2.25. The minimum Gasteiger partial charge on any atom is -0.339 e. The minimum absolute atomic E-state index is 0.0899. The molecule has 0 aliphatic carbocycles. The van der Waals surface area contributed by atoms with Gasteiger partial charge in [-0.15, -0.1) is 11.8 Å². The van der Waals surface area contributed by atoms with Gasteiger partial charge in [0.05, 0.1) is 11.7 Å². The average molecular weight is 295 g/mol. The average Bonchev–Trinajstić information content (AvgIpc) is 2.87. The van der Waals surface area contributed by atoms with Crippen molar-refractivity contribution in [3.8, 4) is 0 Å². The minimum atomic E-state index is -0.237. The molecular weight excluding hydrogens is 277 g/mol. The van der Waals surface area contributed by atoms with E-state index in [0.29, 0.717) is 29.9 Å². The number of hydrogen-bond donors (Lipinski definition) is 1. The summed E-state index contributed by atoms with van der Waals surface area (Å²) in [6, 6.07) is 6.34. The first-order valence-electron chi connectivity index (χ1n) is 6.51. The predicted molar refractivity (Wildman–Crippen MR) is 76.9 cm³/mol. The number of hydrogen-bond acceptors (Lipinski definition) is 5. The molecule has 1 heterocycles. The van der Waals surface area contributed by atoms with Gasteiger partial charge in [0.25, 0.3) is 0 Å². The van der Waals surface area contributed by atoms with Gasteiger partial charge in [-0.1, -0.05) is 19.0 Å². The second kappa shape index (κ2) is 6.85. The Labute approximate surface area is 121 Å². The molecule has 6 heteroatoms. The number of rotatable bonds is 6. The summed E-state index contributed by atoms with van der Waals surface area (Å²) in [5.41, 5.74) is 5.73. The molecule has 2 N–H and O–H groups in total. The first-order chi connectivity index (χ1) is 9.60. The second-order valence-electron chi connectivity index (χ2n) is 4.88. The van der Waals surface area contributed by atoms with Crippen molar-refractivity contribution in [3.63, 3.8) is 0 Å². The van der Waals surface area contributed by atoms with E-state index in [-0.39, 0.29) is 11.7 Å². The van der Waals surface area contributed by atoms with Gasteiger partial charge >= 0.3 is 0 Å². The molecule has 0 aliphatic heterocycles. The lowest BCUT2D eigenvalue weighted by molar-refractivity contribution is 0.322. The lowest BCUT2D eigenvalue weighted by Gasteiger charge is -2.13. The van der Waals surface area contributed by atoms with E-state index >= 15 is 0 Å². The third-order valence-corrected chi connectivity index (χ3v) is 4.05. The van der Waals surface area contributed by atoms with Crippen LogP contribution in [-0.2, 0) is 5.75 Å². The van der Waals surface area contributed by atoms with Crippen molar-refractivity contribution in [3.05, 3.63) is 41.8 Å². The summed E-state index contributed by atoms with van der Waals surface area (Å²) in [7, 11) is 0. The standard InChI is InChI=1S/C14H18FN3OS/c1-9(2)12(7-16)14-17-13(18-19-14)8-20-11-5-3-10(15)4-6-11/h3-6,9,12H,7-8,16H2,1-2H3. The van der Waals surface area contributed by atoms with E-state index in [4.69, 9.17) is 10.3 Å². The van der Waals surface area contributed by atoms with Crippen LogP contribution in [0.15, 0.2) is 33.7 Å². The normalized spacial score (nSPS) is 12.8. The lowest BCUT2D eigenvalue weighted by Crippen LogP contribution is -2.18. The van der Waals surface area contributed by atoms with Crippen molar-refractivity contribution in [1.29, 1.82) is 0 Å². The van der Waals surface area contributed by atoms with Crippen molar-refractivity contribution >= 4 is 11.8 Å². The van der Waals surface area contributed by atoms with Crippen LogP contribution >= 0.6 is 11.8 Å². The molecule has 0 aliphatic rings. The van der Waals surface area contributed by atoms with Gasteiger partial charge in [0.15, 0.2) is 5.82 Å². The maximum Gasteiger partial charge on any atom is 0.231 e. The van der Waals surface area contributed by atoms with Gasteiger partial charge in [0.1, 0.15) is 5.82 Å². The van der Waals surface area contributed by atoms with Crippen molar-refractivity contribution in [2.45, 2.75) is 30.4 Å². The Kier molecular flexibility index (Phi) is 5.14. The summed E-state index contributed by atoms with van der Waals surface area (Å²) in [5.74, 6) is 2.03. The van der Waals surface area contributed by atoms with E-state index in [0.717, 1.165) is 4.90 Å². The zero-order valence-electron chi connectivity index (χ0n) is 11.5. The molecule has 1 atom stereocenters. The van der Waals surface area contributed by atoms with Gasteiger partial charge in [0, 0.05) is 11.4 Å². The molecule has 0 bridgehead atoms. The molecule has 4 nitrogen and oxygen atoms in total. The Bertz CT molecular complexity index is 542.